The van der Waals surface area contributed by atoms with Crippen LogP contribution in [0.3, 0.4) is 0 Å². The maximum Gasteiger partial charge on any atom is 0.277 e. The van der Waals surface area contributed by atoms with Gasteiger partial charge in [0.2, 0.25) is 0 Å². The summed E-state index contributed by atoms with van der Waals surface area (Å²) in [5, 5.41) is 14.6. The summed E-state index contributed by atoms with van der Waals surface area (Å²) in [6.45, 7) is 1.93. The van der Waals surface area contributed by atoms with E-state index < -0.39 is 0 Å². The number of amides is 1. The molecule has 8 heteroatoms. The van der Waals surface area contributed by atoms with Crippen LogP contribution < -0.4 is 10.6 Å². The fourth-order valence-electron chi connectivity index (χ4n) is 2.38. The van der Waals surface area contributed by atoms with Crippen molar-refractivity contribution in [3.8, 4) is 0 Å². The van der Waals surface area contributed by atoms with E-state index in [1.165, 1.54) is 0 Å². The van der Waals surface area contributed by atoms with Crippen LogP contribution in [0.25, 0.3) is 0 Å². The number of rotatable bonds is 3. The smallest absolute Gasteiger partial charge is 0.277 e. The van der Waals surface area contributed by atoms with Crippen LogP contribution in [0.2, 0.25) is 5.02 Å². The third-order valence-corrected chi connectivity index (χ3v) is 3.88. The van der Waals surface area contributed by atoms with E-state index in [1.54, 1.807) is 23.0 Å². The van der Waals surface area contributed by atoms with E-state index in [2.05, 4.69) is 20.9 Å². The van der Waals surface area contributed by atoms with Crippen molar-refractivity contribution in [3.05, 3.63) is 41.2 Å². The van der Waals surface area contributed by atoms with Crippen molar-refractivity contribution >= 4 is 35.6 Å². The van der Waals surface area contributed by atoms with Crippen molar-refractivity contribution in [1.29, 1.82) is 0 Å². The van der Waals surface area contributed by atoms with Crippen LogP contribution in [0.4, 0.5) is 5.69 Å². The molecular weight excluding hydrogens is 325 g/mol. The molecule has 0 bridgehead atoms. The van der Waals surface area contributed by atoms with E-state index in [0.29, 0.717) is 22.4 Å². The second kappa shape index (κ2) is 7.58. The minimum Gasteiger partial charge on any atom is -0.319 e. The minimum atomic E-state index is -0.303. The molecule has 1 saturated heterocycles. The molecule has 0 spiro atoms. The number of nitrogens with zero attached hydrogens (tertiary/aromatic N) is 3. The standard InChI is InChI=1S/C14H16ClN5O.ClH/c15-11-3-1-2-4-12(11)17-14(21)13-9-20(19-18-13)10-5-7-16-8-6-10;/h1-4,9-10,16H,5-8H2,(H,17,21);1H. The molecule has 1 amide bonds. The number of para-hydroxylation sites is 1. The van der Waals surface area contributed by atoms with Gasteiger partial charge in [0.15, 0.2) is 5.69 Å². The number of halogens is 2. The van der Waals surface area contributed by atoms with Crippen molar-refractivity contribution in [1.82, 2.24) is 20.3 Å². The quantitative estimate of drug-likeness (QED) is 0.899. The first kappa shape index (κ1) is 16.7. The van der Waals surface area contributed by atoms with Gasteiger partial charge in [0, 0.05) is 0 Å². The number of benzene rings is 1. The van der Waals surface area contributed by atoms with Gasteiger partial charge in [-0.25, -0.2) is 4.68 Å². The molecule has 0 aliphatic carbocycles. The molecule has 1 aromatic heterocycles. The average molecular weight is 342 g/mol. The van der Waals surface area contributed by atoms with Crippen molar-refractivity contribution in [2.24, 2.45) is 0 Å². The van der Waals surface area contributed by atoms with Crippen LogP contribution in [0, 0.1) is 0 Å². The molecule has 118 valence electrons. The lowest BCUT2D eigenvalue weighted by Crippen LogP contribution is -2.29. The molecule has 2 N–H and O–H groups in total. The van der Waals surface area contributed by atoms with Gasteiger partial charge < -0.3 is 10.6 Å². The molecule has 2 aromatic rings. The number of hydrogen-bond acceptors (Lipinski definition) is 4. The molecule has 1 aliphatic rings. The van der Waals surface area contributed by atoms with Gasteiger partial charge in [0.1, 0.15) is 0 Å². The number of anilines is 1. The van der Waals surface area contributed by atoms with Crippen LogP contribution in [0.5, 0.6) is 0 Å². The summed E-state index contributed by atoms with van der Waals surface area (Å²) in [5.74, 6) is -0.303. The molecule has 0 atom stereocenters. The molecule has 6 nitrogen and oxygen atoms in total. The number of aromatic nitrogens is 3. The van der Waals surface area contributed by atoms with Gasteiger partial charge >= 0.3 is 0 Å². The van der Waals surface area contributed by atoms with E-state index >= 15 is 0 Å². The van der Waals surface area contributed by atoms with Crippen molar-refractivity contribution in [3.63, 3.8) is 0 Å². The third kappa shape index (κ3) is 3.76. The van der Waals surface area contributed by atoms with Crippen LogP contribution in [0.1, 0.15) is 29.4 Å². The second-order valence-electron chi connectivity index (χ2n) is 5.00. The number of carbonyl (C=O) groups is 1. The Kier molecular flexibility index (Phi) is 5.76. The SMILES string of the molecule is Cl.O=C(Nc1ccccc1Cl)c1cn(C2CCNCC2)nn1. The van der Waals surface area contributed by atoms with E-state index in [4.69, 9.17) is 11.6 Å². The maximum atomic E-state index is 12.2. The summed E-state index contributed by atoms with van der Waals surface area (Å²) in [7, 11) is 0. The Bertz CT molecular complexity index is 640. The number of carbonyl (C=O) groups excluding carboxylic acids is 1. The van der Waals surface area contributed by atoms with Gasteiger partial charge in [0.25, 0.3) is 5.91 Å². The van der Waals surface area contributed by atoms with Gasteiger partial charge in [-0.05, 0) is 38.1 Å². The first-order valence-electron chi connectivity index (χ1n) is 6.92. The first-order chi connectivity index (χ1) is 10.2. The van der Waals surface area contributed by atoms with E-state index in [1.807, 2.05) is 12.1 Å². The van der Waals surface area contributed by atoms with Gasteiger partial charge in [-0.15, -0.1) is 17.5 Å². The molecule has 1 aromatic carbocycles. The lowest BCUT2D eigenvalue weighted by Gasteiger charge is -2.22. The predicted octanol–water partition coefficient (Wildman–Crippen LogP) is 2.53. The molecule has 0 radical (unpaired) electrons. The van der Waals surface area contributed by atoms with E-state index in [-0.39, 0.29) is 18.3 Å². The Hall–Kier alpha value is -1.63. The Morgan fingerprint density at radius 3 is 2.77 bits per heavy atom. The second-order valence-corrected chi connectivity index (χ2v) is 5.41. The topological polar surface area (TPSA) is 71.8 Å². The Morgan fingerprint density at radius 1 is 1.32 bits per heavy atom. The van der Waals surface area contributed by atoms with Gasteiger partial charge in [-0.2, -0.15) is 0 Å². The van der Waals surface area contributed by atoms with Gasteiger partial charge in [-0.1, -0.05) is 28.9 Å². The summed E-state index contributed by atoms with van der Waals surface area (Å²) in [6, 6.07) is 7.40. The summed E-state index contributed by atoms with van der Waals surface area (Å²) >= 11 is 6.02. The Labute approximate surface area is 139 Å². The normalized spacial score (nSPS) is 15.1. The monoisotopic (exact) mass is 341 g/mol. The Balaban J connectivity index is 0.00000176. The summed E-state index contributed by atoms with van der Waals surface area (Å²) in [5.41, 5.74) is 0.869. The van der Waals surface area contributed by atoms with Crippen molar-refractivity contribution < 1.29 is 4.79 Å². The highest BCUT2D eigenvalue weighted by Gasteiger charge is 2.19. The summed E-state index contributed by atoms with van der Waals surface area (Å²) in [6.07, 6.45) is 3.69. The average Bonchev–Trinajstić information content (AvgIpc) is 3.00. The third-order valence-electron chi connectivity index (χ3n) is 3.55. The van der Waals surface area contributed by atoms with Gasteiger partial charge in [-0.3, -0.25) is 4.79 Å². The lowest BCUT2D eigenvalue weighted by atomic mass is 10.1. The zero-order valence-corrected chi connectivity index (χ0v) is 13.4. The Morgan fingerprint density at radius 2 is 2.05 bits per heavy atom. The van der Waals surface area contributed by atoms with Crippen LogP contribution in [-0.2, 0) is 0 Å². The minimum absolute atomic E-state index is 0. The highest BCUT2D eigenvalue weighted by molar-refractivity contribution is 6.33. The molecule has 0 saturated carbocycles. The molecule has 1 fully saturated rings. The fourth-order valence-corrected chi connectivity index (χ4v) is 2.56. The van der Waals surface area contributed by atoms with Crippen LogP contribution in [-0.4, -0.2) is 34.0 Å². The number of piperidine rings is 1. The predicted molar refractivity (Wildman–Crippen MR) is 87.8 cm³/mol. The number of hydrogen-bond donors (Lipinski definition) is 2. The van der Waals surface area contributed by atoms with Crippen LogP contribution >= 0.6 is 24.0 Å². The molecule has 3 rings (SSSR count). The highest BCUT2D eigenvalue weighted by atomic mass is 35.5. The first-order valence-corrected chi connectivity index (χ1v) is 7.30. The highest BCUT2D eigenvalue weighted by Crippen LogP contribution is 2.21. The molecule has 2 heterocycles. The molecule has 22 heavy (non-hydrogen) atoms. The number of nitrogens with one attached hydrogen (secondary N) is 2. The molecule has 0 unspecified atom stereocenters. The van der Waals surface area contributed by atoms with Crippen molar-refractivity contribution in [2.45, 2.75) is 18.9 Å². The maximum absolute atomic E-state index is 12.2. The zero-order chi connectivity index (χ0) is 14.7. The largest absolute Gasteiger partial charge is 0.319 e. The molecule has 1 aliphatic heterocycles. The molecular formula is C14H17Cl2N5O. The van der Waals surface area contributed by atoms with Crippen molar-refractivity contribution in [2.75, 3.05) is 18.4 Å². The fraction of sp³-hybridized carbons (Fsp3) is 0.357. The lowest BCUT2D eigenvalue weighted by molar-refractivity contribution is 0.102. The van der Waals surface area contributed by atoms with E-state index in [9.17, 15) is 4.79 Å². The zero-order valence-electron chi connectivity index (χ0n) is 11.8. The van der Waals surface area contributed by atoms with E-state index in [0.717, 1.165) is 25.9 Å². The van der Waals surface area contributed by atoms with Gasteiger partial charge in [0.05, 0.1) is 22.9 Å². The summed E-state index contributed by atoms with van der Waals surface area (Å²) in [4.78, 5) is 12.2. The summed E-state index contributed by atoms with van der Waals surface area (Å²) < 4.78 is 1.78. The van der Waals surface area contributed by atoms with Crippen LogP contribution in [0.15, 0.2) is 30.5 Å².